The first-order valence-electron chi connectivity index (χ1n) is 5.88. The Kier molecular flexibility index (Phi) is 3.05. The van der Waals surface area contributed by atoms with Crippen molar-refractivity contribution in [1.29, 1.82) is 0 Å². The smallest absolute Gasteiger partial charge is 0.188 e. The fourth-order valence-electron chi connectivity index (χ4n) is 1.84. The molecule has 0 bridgehead atoms. The van der Waals surface area contributed by atoms with E-state index < -0.39 is 0 Å². The highest BCUT2D eigenvalue weighted by Crippen LogP contribution is 2.12. The second kappa shape index (κ2) is 4.85. The number of aryl methyl sites for hydroxylation is 1. The van der Waals surface area contributed by atoms with Gasteiger partial charge < -0.3 is 0 Å². The Balaban J connectivity index is 1.89. The molecule has 0 aliphatic rings. The van der Waals surface area contributed by atoms with Crippen LogP contribution in [-0.4, -0.2) is 20.7 Å². The summed E-state index contributed by atoms with van der Waals surface area (Å²) >= 11 is 1.54. The van der Waals surface area contributed by atoms with E-state index >= 15 is 0 Å². The number of ketones is 1. The number of nitrogens with zero attached hydrogens (tertiary/aromatic N) is 3. The molecule has 0 aliphatic carbocycles. The van der Waals surface area contributed by atoms with E-state index in [1.807, 2.05) is 36.6 Å². The predicted molar refractivity (Wildman–Crippen MR) is 74.4 cm³/mol. The number of carbonyl (C=O) groups is 1. The Bertz CT molecular complexity index is 751. The summed E-state index contributed by atoms with van der Waals surface area (Å²) in [7, 11) is 0. The van der Waals surface area contributed by atoms with Crippen molar-refractivity contribution in [2.75, 3.05) is 0 Å². The van der Waals surface area contributed by atoms with Crippen molar-refractivity contribution >= 4 is 28.2 Å². The van der Waals surface area contributed by atoms with E-state index in [-0.39, 0.29) is 12.2 Å². The van der Waals surface area contributed by atoms with Crippen LogP contribution in [0.5, 0.6) is 0 Å². The average Bonchev–Trinajstić information content (AvgIpc) is 2.83. The maximum Gasteiger partial charge on any atom is 0.188 e. The predicted octanol–water partition coefficient (Wildman–Crippen LogP) is 2.82. The lowest BCUT2D eigenvalue weighted by Gasteiger charge is -2.00. The number of thiazole rings is 1. The quantitative estimate of drug-likeness (QED) is 0.686. The van der Waals surface area contributed by atoms with E-state index in [1.54, 1.807) is 11.3 Å². The second-order valence-corrected chi connectivity index (χ2v) is 5.26. The number of carbonyl (C=O) groups excluding carboxylic acids is 1. The van der Waals surface area contributed by atoms with Crippen molar-refractivity contribution in [3.05, 3.63) is 52.2 Å². The largest absolute Gasteiger partial charge is 0.292 e. The zero-order valence-corrected chi connectivity index (χ0v) is 11.1. The lowest BCUT2D eigenvalue weighted by atomic mass is 10.2. The molecule has 1 aromatic carbocycles. The first-order valence-corrected chi connectivity index (χ1v) is 6.76. The number of fused-ring (bicyclic) bond motifs is 1. The van der Waals surface area contributed by atoms with E-state index in [0.29, 0.717) is 5.69 Å². The molecule has 19 heavy (non-hydrogen) atoms. The second-order valence-electron chi connectivity index (χ2n) is 4.20. The normalized spacial score (nSPS) is 10.8. The third-order valence-electron chi connectivity index (χ3n) is 2.74. The van der Waals surface area contributed by atoms with Crippen LogP contribution in [0.4, 0.5) is 0 Å². The molecule has 0 N–H and O–H groups in total. The number of rotatable bonds is 3. The molecule has 0 aliphatic heterocycles. The lowest BCUT2D eigenvalue weighted by Crippen LogP contribution is -2.07. The van der Waals surface area contributed by atoms with Gasteiger partial charge in [0, 0.05) is 5.38 Å². The Hall–Kier alpha value is -2.14. The van der Waals surface area contributed by atoms with E-state index in [2.05, 4.69) is 15.0 Å². The van der Waals surface area contributed by atoms with Gasteiger partial charge in [0.05, 0.1) is 34.4 Å². The Labute approximate surface area is 114 Å². The standard InChI is InChI=1S/C14H11N3OS/c1-9-16-10(8-19-9)6-14(18)13-7-15-11-4-2-3-5-12(11)17-13/h2-5,7-8H,6H2,1H3. The maximum absolute atomic E-state index is 12.1. The van der Waals surface area contributed by atoms with Crippen molar-refractivity contribution in [3.8, 4) is 0 Å². The van der Waals surface area contributed by atoms with Crippen LogP contribution in [-0.2, 0) is 6.42 Å². The SMILES string of the molecule is Cc1nc(CC(=O)c2cnc3ccccc3n2)cs1. The van der Waals surface area contributed by atoms with Gasteiger partial charge in [0.25, 0.3) is 0 Å². The number of Topliss-reactive ketones (excluding diaryl/α,β-unsaturated/α-hetero) is 1. The van der Waals surface area contributed by atoms with Crippen molar-refractivity contribution in [2.24, 2.45) is 0 Å². The fraction of sp³-hybridized carbons (Fsp3) is 0.143. The van der Waals surface area contributed by atoms with E-state index in [4.69, 9.17) is 0 Å². The summed E-state index contributed by atoms with van der Waals surface area (Å²) in [6.45, 7) is 1.93. The molecule has 2 aromatic heterocycles. The molecule has 0 fully saturated rings. The van der Waals surface area contributed by atoms with Crippen LogP contribution >= 0.6 is 11.3 Å². The van der Waals surface area contributed by atoms with Crippen molar-refractivity contribution in [2.45, 2.75) is 13.3 Å². The van der Waals surface area contributed by atoms with Gasteiger partial charge in [-0.1, -0.05) is 12.1 Å². The average molecular weight is 269 g/mol. The number of aromatic nitrogens is 3. The molecule has 0 saturated carbocycles. The van der Waals surface area contributed by atoms with E-state index in [1.165, 1.54) is 6.20 Å². The van der Waals surface area contributed by atoms with E-state index in [0.717, 1.165) is 21.7 Å². The number of hydrogen-bond donors (Lipinski definition) is 0. The summed E-state index contributed by atoms with van der Waals surface area (Å²) in [5.74, 6) is -0.0523. The number of benzene rings is 1. The monoisotopic (exact) mass is 269 g/mol. The van der Waals surface area contributed by atoms with Crippen LogP contribution in [0.15, 0.2) is 35.8 Å². The molecule has 0 amide bonds. The van der Waals surface area contributed by atoms with Gasteiger partial charge in [0.15, 0.2) is 5.78 Å². The lowest BCUT2D eigenvalue weighted by molar-refractivity contribution is 0.0987. The third kappa shape index (κ3) is 2.51. The minimum Gasteiger partial charge on any atom is -0.292 e. The first kappa shape index (κ1) is 11.9. The maximum atomic E-state index is 12.1. The van der Waals surface area contributed by atoms with Gasteiger partial charge in [-0.15, -0.1) is 11.3 Å². The zero-order chi connectivity index (χ0) is 13.2. The molecular formula is C14H11N3OS. The molecule has 0 radical (unpaired) electrons. The molecule has 3 rings (SSSR count). The number of hydrogen-bond acceptors (Lipinski definition) is 5. The molecule has 94 valence electrons. The van der Waals surface area contributed by atoms with Crippen molar-refractivity contribution < 1.29 is 4.79 Å². The summed E-state index contributed by atoms with van der Waals surface area (Å²) < 4.78 is 0. The fourth-order valence-corrected chi connectivity index (χ4v) is 2.45. The van der Waals surface area contributed by atoms with Gasteiger partial charge in [-0.2, -0.15) is 0 Å². The first-order chi connectivity index (χ1) is 9.22. The number of para-hydroxylation sites is 2. The van der Waals surface area contributed by atoms with Gasteiger partial charge in [-0.05, 0) is 19.1 Å². The van der Waals surface area contributed by atoms with Gasteiger partial charge >= 0.3 is 0 Å². The van der Waals surface area contributed by atoms with Gasteiger partial charge in [-0.25, -0.2) is 9.97 Å². The summed E-state index contributed by atoms with van der Waals surface area (Å²) in [6.07, 6.45) is 1.81. The van der Waals surface area contributed by atoms with Crippen LogP contribution in [0.1, 0.15) is 21.2 Å². The van der Waals surface area contributed by atoms with Gasteiger partial charge in [0.2, 0.25) is 0 Å². The zero-order valence-electron chi connectivity index (χ0n) is 10.3. The molecule has 3 aromatic rings. The van der Waals surface area contributed by atoms with Gasteiger partial charge in [-0.3, -0.25) is 9.78 Å². The molecular weight excluding hydrogens is 258 g/mol. The molecule has 5 heteroatoms. The van der Waals surface area contributed by atoms with Crippen molar-refractivity contribution in [3.63, 3.8) is 0 Å². The molecule has 4 nitrogen and oxygen atoms in total. The van der Waals surface area contributed by atoms with Gasteiger partial charge in [0.1, 0.15) is 5.69 Å². The van der Waals surface area contributed by atoms with Crippen LogP contribution in [0.25, 0.3) is 11.0 Å². The topological polar surface area (TPSA) is 55.7 Å². The molecule has 0 spiro atoms. The van der Waals surface area contributed by atoms with Crippen molar-refractivity contribution in [1.82, 2.24) is 15.0 Å². The molecule has 0 saturated heterocycles. The van der Waals surface area contributed by atoms with Crippen LogP contribution in [0.3, 0.4) is 0 Å². The minimum atomic E-state index is -0.0523. The summed E-state index contributed by atoms with van der Waals surface area (Å²) in [4.78, 5) is 25.0. The molecule has 0 atom stereocenters. The summed E-state index contributed by atoms with van der Waals surface area (Å²) in [5.41, 5.74) is 2.72. The van der Waals surface area contributed by atoms with Crippen LogP contribution in [0, 0.1) is 6.92 Å². The highest BCUT2D eigenvalue weighted by molar-refractivity contribution is 7.09. The van der Waals surface area contributed by atoms with E-state index in [9.17, 15) is 4.79 Å². The Morgan fingerprint density at radius 2 is 2.00 bits per heavy atom. The highest BCUT2D eigenvalue weighted by Gasteiger charge is 2.11. The summed E-state index contributed by atoms with van der Waals surface area (Å²) in [6, 6.07) is 7.51. The Morgan fingerprint density at radius 1 is 1.21 bits per heavy atom. The van der Waals surface area contributed by atoms with Crippen LogP contribution < -0.4 is 0 Å². The minimum absolute atomic E-state index is 0.0523. The highest BCUT2D eigenvalue weighted by atomic mass is 32.1. The van der Waals surface area contributed by atoms with Crippen LogP contribution in [0.2, 0.25) is 0 Å². The molecule has 2 heterocycles. The third-order valence-corrected chi connectivity index (χ3v) is 3.56. The molecule has 0 unspecified atom stereocenters. The Morgan fingerprint density at radius 3 is 2.74 bits per heavy atom. The summed E-state index contributed by atoms with van der Waals surface area (Å²) in [5, 5.41) is 2.87.